The molecule has 0 aliphatic heterocycles. The van der Waals surface area contributed by atoms with E-state index < -0.39 is 14.9 Å². The quantitative estimate of drug-likeness (QED) is 0.484. The van der Waals surface area contributed by atoms with Crippen LogP contribution in [0.15, 0.2) is 52.5 Å². The zero-order chi connectivity index (χ0) is 17.0. The number of halogens is 1. The van der Waals surface area contributed by atoms with Crippen molar-refractivity contribution < 1.29 is 18.4 Å². The van der Waals surface area contributed by atoms with E-state index in [-0.39, 0.29) is 21.9 Å². The topological polar surface area (TPSA) is 122 Å². The lowest BCUT2D eigenvalue weighted by atomic mass is 10.2. The number of non-ortho nitro benzene ring substituents is 1. The Morgan fingerprint density at radius 1 is 1.22 bits per heavy atom. The lowest BCUT2D eigenvalue weighted by molar-refractivity contribution is -0.384. The highest BCUT2D eigenvalue weighted by Gasteiger charge is 2.14. The summed E-state index contributed by atoms with van der Waals surface area (Å²) in [7, 11) is -3.98. The summed E-state index contributed by atoms with van der Waals surface area (Å²) < 4.78 is 23.9. The van der Waals surface area contributed by atoms with Crippen LogP contribution in [0.4, 0.5) is 5.69 Å². The molecule has 2 aromatic rings. The second-order valence-electron chi connectivity index (χ2n) is 4.31. The molecular formula is C13H10ClN3O5S. The van der Waals surface area contributed by atoms with Crippen LogP contribution in [0.1, 0.15) is 5.56 Å². The molecule has 0 spiro atoms. The lowest BCUT2D eigenvalue weighted by Crippen LogP contribution is -2.18. The van der Waals surface area contributed by atoms with Crippen LogP contribution < -0.4 is 4.83 Å². The van der Waals surface area contributed by atoms with Crippen molar-refractivity contribution in [1.82, 2.24) is 4.83 Å². The van der Waals surface area contributed by atoms with Crippen molar-refractivity contribution in [2.45, 2.75) is 4.90 Å². The fourth-order valence-electron chi connectivity index (χ4n) is 1.59. The fraction of sp³-hybridized carbons (Fsp3) is 0. The Bertz CT molecular complexity index is 866. The van der Waals surface area contributed by atoms with Crippen molar-refractivity contribution in [3.05, 3.63) is 63.2 Å². The summed E-state index contributed by atoms with van der Waals surface area (Å²) in [4.78, 5) is 11.6. The third-order valence-corrected chi connectivity index (χ3v) is 4.20. The second kappa shape index (κ2) is 6.63. The van der Waals surface area contributed by atoms with Gasteiger partial charge in [0.15, 0.2) is 0 Å². The highest BCUT2D eigenvalue weighted by atomic mass is 35.5. The van der Waals surface area contributed by atoms with Gasteiger partial charge in [-0.1, -0.05) is 11.6 Å². The Labute approximate surface area is 136 Å². The average Bonchev–Trinajstić information content (AvgIpc) is 2.50. The maximum Gasteiger partial charge on any atom is 0.276 e. The van der Waals surface area contributed by atoms with Crippen LogP contribution in [0.3, 0.4) is 0 Å². The van der Waals surface area contributed by atoms with E-state index in [0.717, 1.165) is 30.5 Å². The predicted octanol–water partition coefficient (Wildman–Crippen LogP) is 2.27. The van der Waals surface area contributed by atoms with Crippen molar-refractivity contribution in [2.75, 3.05) is 0 Å². The second-order valence-corrected chi connectivity index (χ2v) is 6.40. The van der Waals surface area contributed by atoms with Gasteiger partial charge in [0.1, 0.15) is 5.75 Å². The molecule has 0 saturated heterocycles. The number of phenols is 1. The molecule has 0 aliphatic carbocycles. The van der Waals surface area contributed by atoms with Crippen LogP contribution in [-0.2, 0) is 10.0 Å². The summed E-state index contributed by atoms with van der Waals surface area (Å²) in [5.41, 5.74) is 0.000186. The van der Waals surface area contributed by atoms with Gasteiger partial charge in [0.05, 0.1) is 16.0 Å². The number of aromatic hydroxyl groups is 1. The summed E-state index contributed by atoms with van der Waals surface area (Å²) in [6, 6.07) is 8.53. The largest absolute Gasteiger partial charge is 0.507 e. The number of nitro benzene ring substituents is 1. The zero-order valence-corrected chi connectivity index (χ0v) is 13.0. The molecule has 0 heterocycles. The average molecular weight is 356 g/mol. The maximum atomic E-state index is 12.0. The van der Waals surface area contributed by atoms with Crippen LogP contribution in [0.5, 0.6) is 5.75 Å². The van der Waals surface area contributed by atoms with Gasteiger partial charge in [0.25, 0.3) is 15.7 Å². The highest BCUT2D eigenvalue weighted by Crippen LogP contribution is 2.20. The standard InChI is InChI=1S/C13H10ClN3O5S/c14-10-1-6-13(18)9(7-10)8-15-16-23(21,22)12-4-2-11(3-5-12)17(19)20/h1-8,16,18H/b15-8+. The SMILES string of the molecule is O=[N+]([O-])c1ccc(S(=O)(=O)N/N=C/c2cc(Cl)ccc2O)cc1. The van der Waals surface area contributed by atoms with Gasteiger partial charge >= 0.3 is 0 Å². The first-order valence-corrected chi connectivity index (χ1v) is 7.93. The van der Waals surface area contributed by atoms with E-state index in [1.807, 2.05) is 4.83 Å². The van der Waals surface area contributed by atoms with Crippen LogP contribution >= 0.6 is 11.6 Å². The van der Waals surface area contributed by atoms with Crippen LogP contribution in [0.2, 0.25) is 5.02 Å². The number of hydrogen-bond donors (Lipinski definition) is 2. The minimum atomic E-state index is -3.98. The molecule has 2 N–H and O–H groups in total. The van der Waals surface area contributed by atoms with Crippen molar-refractivity contribution in [3.63, 3.8) is 0 Å². The number of hydrazone groups is 1. The Hall–Kier alpha value is -2.65. The highest BCUT2D eigenvalue weighted by molar-refractivity contribution is 7.89. The van der Waals surface area contributed by atoms with Gasteiger partial charge < -0.3 is 5.11 Å². The molecule has 23 heavy (non-hydrogen) atoms. The molecule has 120 valence electrons. The van der Waals surface area contributed by atoms with Gasteiger partial charge in [-0.05, 0) is 30.3 Å². The van der Waals surface area contributed by atoms with Crippen LogP contribution in [0, 0.1) is 10.1 Å². The molecule has 10 heteroatoms. The van der Waals surface area contributed by atoms with Crippen molar-refractivity contribution >= 4 is 33.5 Å². The van der Waals surface area contributed by atoms with Crippen LogP contribution in [0.25, 0.3) is 0 Å². The summed E-state index contributed by atoms with van der Waals surface area (Å²) >= 11 is 5.76. The van der Waals surface area contributed by atoms with Gasteiger partial charge in [-0.3, -0.25) is 10.1 Å². The van der Waals surface area contributed by atoms with E-state index in [1.165, 1.54) is 18.2 Å². The van der Waals surface area contributed by atoms with E-state index in [4.69, 9.17) is 11.6 Å². The molecule has 0 fully saturated rings. The summed E-state index contributed by atoms with van der Waals surface area (Å²) in [6.07, 6.45) is 1.09. The molecule has 8 nitrogen and oxygen atoms in total. The first-order valence-electron chi connectivity index (χ1n) is 6.07. The Morgan fingerprint density at radius 3 is 2.48 bits per heavy atom. The summed E-state index contributed by atoms with van der Waals surface area (Å²) in [5.74, 6) is -0.118. The first-order chi connectivity index (χ1) is 10.8. The number of hydrogen-bond acceptors (Lipinski definition) is 6. The van der Waals surface area contributed by atoms with E-state index in [1.54, 1.807) is 0 Å². The monoisotopic (exact) mass is 355 g/mol. The molecule has 2 rings (SSSR count). The van der Waals surface area contributed by atoms with Crippen molar-refractivity contribution in [2.24, 2.45) is 5.10 Å². The molecule has 0 aliphatic rings. The number of nitro groups is 1. The Balaban J connectivity index is 2.16. The smallest absolute Gasteiger partial charge is 0.276 e. The summed E-state index contributed by atoms with van der Waals surface area (Å²) in [5, 5.41) is 24.0. The third kappa shape index (κ3) is 4.18. The Kier molecular flexibility index (Phi) is 4.82. The number of rotatable bonds is 5. The number of phenolic OH excluding ortho intramolecular Hbond substituents is 1. The van der Waals surface area contributed by atoms with Gasteiger partial charge in [0.2, 0.25) is 0 Å². The molecule has 0 amide bonds. The first kappa shape index (κ1) is 16.7. The van der Waals surface area contributed by atoms with Gasteiger partial charge in [-0.2, -0.15) is 13.5 Å². The van der Waals surface area contributed by atoms with E-state index in [0.29, 0.717) is 5.02 Å². The molecule has 0 atom stereocenters. The van der Waals surface area contributed by atoms with Crippen molar-refractivity contribution in [1.29, 1.82) is 0 Å². The minimum Gasteiger partial charge on any atom is -0.507 e. The number of nitrogens with zero attached hydrogens (tertiary/aromatic N) is 2. The van der Waals surface area contributed by atoms with Crippen molar-refractivity contribution in [3.8, 4) is 5.75 Å². The molecule has 0 radical (unpaired) electrons. The normalized spacial score (nSPS) is 11.5. The predicted molar refractivity (Wildman–Crippen MR) is 84.1 cm³/mol. The molecule has 0 unspecified atom stereocenters. The minimum absolute atomic E-state index is 0.118. The molecule has 0 aromatic heterocycles. The molecule has 0 saturated carbocycles. The van der Waals surface area contributed by atoms with E-state index in [9.17, 15) is 23.6 Å². The maximum absolute atomic E-state index is 12.0. The number of benzene rings is 2. The van der Waals surface area contributed by atoms with Gasteiger partial charge in [-0.15, -0.1) is 0 Å². The van der Waals surface area contributed by atoms with Gasteiger partial charge in [-0.25, -0.2) is 4.83 Å². The molecular weight excluding hydrogens is 346 g/mol. The Morgan fingerprint density at radius 2 is 1.87 bits per heavy atom. The van der Waals surface area contributed by atoms with Crippen LogP contribution in [-0.4, -0.2) is 24.7 Å². The van der Waals surface area contributed by atoms with Gasteiger partial charge in [0, 0.05) is 22.7 Å². The molecule has 2 aromatic carbocycles. The fourth-order valence-corrected chi connectivity index (χ4v) is 2.57. The zero-order valence-electron chi connectivity index (χ0n) is 11.4. The number of nitrogens with one attached hydrogen (secondary N) is 1. The number of sulfonamides is 1. The van der Waals surface area contributed by atoms with E-state index in [2.05, 4.69) is 5.10 Å². The van der Waals surface area contributed by atoms with E-state index >= 15 is 0 Å². The summed E-state index contributed by atoms with van der Waals surface area (Å²) in [6.45, 7) is 0. The lowest BCUT2D eigenvalue weighted by Gasteiger charge is -2.03. The molecule has 0 bridgehead atoms. The third-order valence-electron chi connectivity index (χ3n) is 2.72.